The first-order valence-corrected chi connectivity index (χ1v) is 6.30. The molecule has 7 nitrogen and oxygen atoms in total. The van der Waals surface area contributed by atoms with Crippen LogP contribution in [0.3, 0.4) is 0 Å². The maximum absolute atomic E-state index is 10.6. The molecule has 0 spiro atoms. The van der Waals surface area contributed by atoms with Gasteiger partial charge in [-0.25, -0.2) is 4.98 Å². The minimum Gasteiger partial charge on any atom is -0.378 e. The summed E-state index contributed by atoms with van der Waals surface area (Å²) < 4.78 is 0. The van der Waals surface area contributed by atoms with Gasteiger partial charge in [-0.3, -0.25) is 10.1 Å². The minimum absolute atomic E-state index is 0.114. The summed E-state index contributed by atoms with van der Waals surface area (Å²) in [6, 6.07) is 0. The quantitative estimate of drug-likeness (QED) is 0.466. The lowest BCUT2D eigenvalue weighted by Gasteiger charge is -2.17. The van der Waals surface area contributed by atoms with Gasteiger partial charge in [-0.1, -0.05) is 27.2 Å². The van der Waals surface area contributed by atoms with Gasteiger partial charge in [0.05, 0.1) is 4.92 Å². The number of hydrogen-bond donors (Lipinski definition) is 2. The largest absolute Gasteiger partial charge is 0.378 e. The Morgan fingerprint density at radius 3 is 2.63 bits per heavy atom. The molecule has 0 saturated heterocycles. The zero-order valence-electron chi connectivity index (χ0n) is 11.6. The number of unbranched alkanes of at least 4 members (excludes halogenated alkanes) is 1. The van der Waals surface area contributed by atoms with E-state index < -0.39 is 4.92 Å². The van der Waals surface area contributed by atoms with E-state index in [4.69, 9.17) is 5.73 Å². The number of nitro groups is 1. The maximum atomic E-state index is 10.6. The summed E-state index contributed by atoms with van der Waals surface area (Å²) in [6.07, 6.45) is 4.38. The predicted octanol–water partition coefficient (Wildman–Crippen LogP) is 2.60. The SMILES string of the molecule is CC(C)(C)CCCCNc1ncc([N+](=O)[O-])c(N)n1. The zero-order valence-corrected chi connectivity index (χ0v) is 11.6. The Bertz CT molecular complexity index is 442. The van der Waals surface area contributed by atoms with Crippen molar-refractivity contribution in [2.75, 3.05) is 17.6 Å². The molecule has 0 atom stereocenters. The van der Waals surface area contributed by atoms with Gasteiger partial charge < -0.3 is 11.1 Å². The van der Waals surface area contributed by atoms with Crippen molar-refractivity contribution >= 4 is 17.5 Å². The number of nitrogens with one attached hydrogen (secondary N) is 1. The highest BCUT2D eigenvalue weighted by molar-refractivity contribution is 5.53. The second-order valence-electron chi connectivity index (χ2n) is 5.67. The first-order valence-electron chi connectivity index (χ1n) is 6.30. The van der Waals surface area contributed by atoms with E-state index in [1.54, 1.807) is 0 Å². The van der Waals surface area contributed by atoms with Crippen molar-refractivity contribution in [3.05, 3.63) is 16.3 Å². The standard InChI is InChI=1S/C12H21N5O2/c1-12(2,3)6-4-5-7-14-11-15-8-9(17(18)19)10(13)16-11/h8H,4-7H2,1-3H3,(H3,13,14,15,16). The molecule has 0 bridgehead atoms. The van der Waals surface area contributed by atoms with Gasteiger partial charge in [0, 0.05) is 6.54 Å². The number of anilines is 2. The highest BCUT2D eigenvalue weighted by Crippen LogP contribution is 2.21. The Balaban J connectivity index is 2.38. The van der Waals surface area contributed by atoms with Gasteiger partial charge in [-0.2, -0.15) is 4.98 Å². The molecular formula is C12H21N5O2. The van der Waals surface area contributed by atoms with Gasteiger partial charge in [-0.15, -0.1) is 0 Å². The van der Waals surface area contributed by atoms with Crippen LogP contribution in [0.4, 0.5) is 17.5 Å². The van der Waals surface area contributed by atoms with E-state index in [0.717, 1.165) is 32.0 Å². The average molecular weight is 267 g/mol. The van der Waals surface area contributed by atoms with Crippen LogP contribution in [0.1, 0.15) is 40.0 Å². The van der Waals surface area contributed by atoms with Crippen molar-refractivity contribution in [3.8, 4) is 0 Å². The monoisotopic (exact) mass is 267 g/mol. The second kappa shape index (κ2) is 6.31. The van der Waals surface area contributed by atoms with Gasteiger partial charge in [0.2, 0.25) is 11.8 Å². The van der Waals surface area contributed by atoms with Crippen molar-refractivity contribution in [1.82, 2.24) is 9.97 Å². The second-order valence-corrected chi connectivity index (χ2v) is 5.67. The van der Waals surface area contributed by atoms with Crippen molar-refractivity contribution in [2.24, 2.45) is 5.41 Å². The lowest BCUT2D eigenvalue weighted by atomic mass is 9.90. The first-order chi connectivity index (χ1) is 8.79. The molecule has 0 aliphatic rings. The summed E-state index contributed by atoms with van der Waals surface area (Å²) in [5.74, 6) is 0.219. The van der Waals surface area contributed by atoms with Gasteiger partial charge in [-0.05, 0) is 18.3 Å². The Labute approximate surface area is 112 Å². The molecule has 0 radical (unpaired) electrons. The summed E-state index contributed by atoms with van der Waals surface area (Å²) in [5, 5.41) is 13.6. The van der Waals surface area contributed by atoms with Crippen molar-refractivity contribution < 1.29 is 4.92 Å². The van der Waals surface area contributed by atoms with E-state index in [0.29, 0.717) is 11.4 Å². The molecule has 1 aromatic heterocycles. The Morgan fingerprint density at radius 2 is 2.11 bits per heavy atom. The topological polar surface area (TPSA) is 107 Å². The number of hydrogen-bond acceptors (Lipinski definition) is 6. The fourth-order valence-corrected chi connectivity index (χ4v) is 1.60. The molecule has 1 aromatic rings. The van der Waals surface area contributed by atoms with Crippen LogP contribution in [-0.2, 0) is 0 Å². The Morgan fingerprint density at radius 1 is 1.42 bits per heavy atom. The third-order valence-electron chi connectivity index (χ3n) is 2.63. The summed E-state index contributed by atoms with van der Waals surface area (Å²) >= 11 is 0. The normalized spacial score (nSPS) is 11.3. The molecule has 0 aliphatic heterocycles. The molecular weight excluding hydrogens is 246 g/mol. The Kier molecular flexibility index (Phi) is 5.02. The van der Waals surface area contributed by atoms with E-state index in [2.05, 4.69) is 36.1 Å². The lowest BCUT2D eigenvalue weighted by molar-refractivity contribution is -0.384. The van der Waals surface area contributed by atoms with Crippen molar-refractivity contribution in [1.29, 1.82) is 0 Å². The highest BCUT2D eigenvalue weighted by Gasteiger charge is 2.14. The fourth-order valence-electron chi connectivity index (χ4n) is 1.60. The van der Waals surface area contributed by atoms with Crippen LogP contribution in [0.2, 0.25) is 0 Å². The number of aromatic nitrogens is 2. The maximum Gasteiger partial charge on any atom is 0.329 e. The molecule has 1 rings (SSSR count). The smallest absolute Gasteiger partial charge is 0.329 e. The lowest BCUT2D eigenvalue weighted by Crippen LogP contribution is -2.10. The van der Waals surface area contributed by atoms with E-state index in [1.807, 2.05) is 0 Å². The third-order valence-corrected chi connectivity index (χ3v) is 2.63. The molecule has 3 N–H and O–H groups in total. The van der Waals surface area contributed by atoms with Crippen LogP contribution in [0.25, 0.3) is 0 Å². The molecule has 7 heteroatoms. The molecule has 19 heavy (non-hydrogen) atoms. The number of nitrogens with zero attached hydrogens (tertiary/aromatic N) is 3. The van der Waals surface area contributed by atoms with Gasteiger partial charge >= 0.3 is 5.69 Å². The van der Waals surface area contributed by atoms with Crippen LogP contribution >= 0.6 is 0 Å². The van der Waals surface area contributed by atoms with Gasteiger partial charge in [0.15, 0.2) is 0 Å². The van der Waals surface area contributed by atoms with Gasteiger partial charge in [0.1, 0.15) is 6.20 Å². The zero-order chi connectivity index (χ0) is 14.5. The molecule has 0 saturated carbocycles. The summed E-state index contributed by atoms with van der Waals surface area (Å²) in [4.78, 5) is 17.7. The van der Waals surface area contributed by atoms with E-state index in [-0.39, 0.29) is 11.5 Å². The third kappa shape index (κ3) is 5.50. The predicted molar refractivity (Wildman–Crippen MR) is 74.9 cm³/mol. The Hall–Kier alpha value is -1.92. The number of rotatable bonds is 6. The molecule has 0 unspecified atom stereocenters. The summed E-state index contributed by atoms with van der Waals surface area (Å²) in [6.45, 7) is 7.36. The molecule has 0 amide bonds. The molecule has 0 aliphatic carbocycles. The number of nitrogens with two attached hydrogens (primary N) is 1. The highest BCUT2D eigenvalue weighted by atomic mass is 16.6. The van der Waals surface area contributed by atoms with Crippen LogP contribution < -0.4 is 11.1 Å². The molecule has 1 heterocycles. The van der Waals surface area contributed by atoms with Gasteiger partial charge in [0.25, 0.3) is 0 Å². The van der Waals surface area contributed by atoms with Crippen molar-refractivity contribution in [3.63, 3.8) is 0 Å². The summed E-state index contributed by atoms with van der Waals surface area (Å²) in [5.41, 5.74) is 5.55. The average Bonchev–Trinajstić information content (AvgIpc) is 2.26. The van der Waals surface area contributed by atoms with E-state index in [9.17, 15) is 10.1 Å². The van der Waals surface area contributed by atoms with Crippen LogP contribution in [-0.4, -0.2) is 21.4 Å². The van der Waals surface area contributed by atoms with Crippen LogP contribution in [0.5, 0.6) is 0 Å². The van der Waals surface area contributed by atoms with E-state index in [1.165, 1.54) is 0 Å². The fraction of sp³-hybridized carbons (Fsp3) is 0.667. The first kappa shape index (κ1) is 15.1. The summed E-state index contributed by atoms with van der Waals surface area (Å²) in [7, 11) is 0. The minimum atomic E-state index is -0.595. The van der Waals surface area contributed by atoms with Crippen LogP contribution in [0, 0.1) is 15.5 Å². The van der Waals surface area contributed by atoms with Crippen molar-refractivity contribution in [2.45, 2.75) is 40.0 Å². The number of nitrogen functional groups attached to an aromatic ring is 1. The molecule has 106 valence electrons. The molecule has 0 fully saturated rings. The van der Waals surface area contributed by atoms with Crippen LogP contribution in [0.15, 0.2) is 6.20 Å². The van der Waals surface area contributed by atoms with E-state index >= 15 is 0 Å². The molecule has 0 aromatic carbocycles.